The molecule has 17 heteroatoms. The number of hydrazone groups is 1. The van der Waals surface area contributed by atoms with Crippen LogP contribution in [-0.4, -0.2) is 92.2 Å². The number of nitrogens with zero attached hydrogens (tertiary/aromatic N) is 8. The lowest BCUT2D eigenvalue weighted by Crippen LogP contribution is -2.42. The second kappa shape index (κ2) is 13.1. The van der Waals surface area contributed by atoms with Crippen molar-refractivity contribution in [1.82, 2.24) is 40.5 Å². The van der Waals surface area contributed by atoms with E-state index in [1.54, 1.807) is 17.0 Å². The Kier molecular flexibility index (Phi) is 9.26. The van der Waals surface area contributed by atoms with E-state index in [-0.39, 0.29) is 17.3 Å². The summed E-state index contributed by atoms with van der Waals surface area (Å²) in [6.07, 6.45) is 4.26. The summed E-state index contributed by atoms with van der Waals surface area (Å²) in [5.41, 5.74) is 9.60. The zero-order chi connectivity index (χ0) is 28.9. The van der Waals surface area contributed by atoms with Gasteiger partial charge in [-0.15, -0.1) is 5.10 Å². The minimum absolute atomic E-state index is 0.0306. The van der Waals surface area contributed by atoms with Crippen molar-refractivity contribution in [2.24, 2.45) is 5.10 Å². The van der Waals surface area contributed by atoms with Crippen molar-refractivity contribution in [3.8, 4) is 11.6 Å². The smallest absolute Gasteiger partial charge is 0.408 e. The highest BCUT2D eigenvalue weighted by atomic mass is 79.9. The molecule has 2 fully saturated rings. The lowest BCUT2D eigenvalue weighted by Gasteiger charge is -2.33. The molecule has 0 bridgehead atoms. The van der Waals surface area contributed by atoms with Crippen LogP contribution in [0.2, 0.25) is 0 Å². The van der Waals surface area contributed by atoms with Crippen LogP contribution in [0.25, 0.3) is 5.82 Å². The molecule has 2 aliphatic heterocycles. The monoisotopic (exact) mass is 694 g/mol. The molecule has 0 aliphatic carbocycles. The van der Waals surface area contributed by atoms with Gasteiger partial charge in [-0.3, -0.25) is 9.69 Å². The van der Waals surface area contributed by atoms with Gasteiger partial charge in [-0.25, -0.2) is 14.8 Å². The fourth-order valence-corrected chi connectivity index (χ4v) is 5.96. The van der Waals surface area contributed by atoms with E-state index < -0.39 is 12.0 Å². The van der Waals surface area contributed by atoms with Crippen molar-refractivity contribution in [2.45, 2.75) is 38.8 Å². The van der Waals surface area contributed by atoms with E-state index >= 15 is 0 Å². The van der Waals surface area contributed by atoms with E-state index in [1.807, 2.05) is 0 Å². The molecule has 0 spiro atoms. The first-order valence-electron chi connectivity index (χ1n) is 13.0. The molecule has 41 heavy (non-hydrogen) atoms. The van der Waals surface area contributed by atoms with Gasteiger partial charge in [-0.1, -0.05) is 11.6 Å². The van der Waals surface area contributed by atoms with Gasteiger partial charge < -0.3 is 20.1 Å². The Morgan fingerprint density at radius 3 is 2.63 bits per heavy atom. The van der Waals surface area contributed by atoms with E-state index in [0.29, 0.717) is 64.8 Å². The van der Waals surface area contributed by atoms with Gasteiger partial charge in [-0.05, 0) is 86.2 Å². The summed E-state index contributed by atoms with van der Waals surface area (Å²) < 4.78 is 18.0. The van der Waals surface area contributed by atoms with Crippen molar-refractivity contribution in [1.29, 1.82) is 0 Å². The molecule has 3 N–H and O–H groups in total. The fraction of sp³-hybridized carbons (Fsp3) is 0.458. The molecule has 0 saturated carbocycles. The third kappa shape index (κ3) is 6.74. The Morgan fingerprint density at radius 1 is 1.20 bits per heavy atom. The zero-order valence-corrected chi connectivity index (χ0v) is 25.3. The van der Waals surface area contributed by atoms with Gasteiger partial charge in [-0.2, -0.15) is 9.78 Å². The summed E-state index contributed by atoms with van der Waals surface area (Å²) in [6.45, 7) is 5.30. The zero-order valence-electron chi connectivity index (χ0n) is 22.1. The molecule has 218 valence electrons. The number of nitrogens with one attached hydrogen (secondary N) is 1. The molecule has 0 radical (unpaired) electrons. The predicted octanol–water partition coefficient (Wildman–Crippen LogP) is 2.73. The first kappa shape index (κ1) is 29.1. The lowest BCUT2D eigenvalue weighted by molar-refractivity contribution is 0.0414. The van der Waals surface area contributed by atoms with Gasteiger partial charge >= 0.3 is 6.09 Å². The minimum Gasteiger partial charge on any atom is -0.408 e. The fourth-order valence-electron chi connectivity index (χ4n) is 4.58. The molecule has 2 aromatic heterocycles. The van der Waals surface area contributed by atoms with E-state index in [2.05, 4.69) is 74.8 Å². The van der Waals surface area contributed by atoms with Gasteiger partial charge in [0, 0.05) is 25.7 Å². The molecule has 0 unspecified atom stereocenters. The van der Waals surface area contributed by atoms with E-state index in [0.717, 1.165) is 25.8 Å². The van der Waals surface area contributed by atoms with Crippen LogP contribution in [0.4, 0.5) is 10.6 Å². The van der Waals surface area contributed by atoms with Gasteiger partial charge in [0.2, 0.25) is 11.6 Å². The summed E-state index contributed by atoms with van der Waals surface area (Å²) in [6, 6.07) is 3.74. The normalized spacial score (nSPS) is 18.1. The third-order valence-corrected chi connectivity index (χ3v) is 8.00. The average molecular weight is 696 g/mol. The Morgan fingerprint density at radius 2 is 1.95 bits per heavy atom. The minimum atomic E-state index is -0.559. The Labute approximate surface area is 251 Å². The van der Waals surface area contributed by atoms with Gasteiger partial charge in [0.05, 0.1) is 34.1 Å². The molecule has 2 amide bonds. The molecule has 2 saturated heterocycles. The van der Waals surface area contributed by atoms with E-state index in [9.17, 15) is 9.59 Å². The number of halogens is 2. The number of hydrogen-bond donors (Lipinski definition) is 2. The summed E-state index contributed by atoms with van der Waals surface area (Å²) >= 11 is 6.89. The number of carbonyl (C=O) groups excluding carboxylic acids is 2. The highest BCUT2D eigenvalue weighted by Gasteiger charge is 2.28. The Hall–Kier alpha value is -3.41. The van der Waals surface area contributed by atoms with Crippen molar-refractivity contribution in [3.63, 3.8) is 0 Å². The first-order chi connectivity index (χ1) is 19.8. The maximum absolute atomic E-state index is 13.2. The van der Waals surface area contributed by atoms with Crippen molar-refractivity contribution in [2.75, 3.05) is 38.6 Å². The number of ether oxygens (including phenoxy) is 2. The largest absolute Gasteiger partial charge is 0.415 e. The van der Waals surface area contributed by atoms with Gasteiger partial charge in [0.15, 0.2) is 11.4 Å². The summed E-state index contributed by atoms with van der Waals surface area (Å²) in [5.74, 6) is -0.0410. The maximum Gasteiger partial charge on any atom is 0.415 e. The van der Waals surface area contributed by atoms with Crippen LogP contribution >= 0.6 is 31.9 Å². The van der Waals surface area contributed by atoms with Crippen LogP contribution in [0.3, 0.4) is 0 Å². The number of nitrogens with two attached hydrogens (primary N) is 1. The average Bonchev–Trinajstić information content (AvgIpc) is 3.57. The molecule has 3 aromatic rings. The third-order valence-electron chi connectivity index (χ3n) is 6.83. The molecule has 1 atom stereocenters. The second-order valence-electron chi connectivity index (χ2n) is 9.57. The SMILES string of the molecule is C[C@@H]1CCCCN1Cc1c(C(=O)N/N=C/c2cc(Br)c(OC(=O)N3CCOCC3)c(Br)c2)nnn1-c1nonc1N. The Balaban J connectivity index is 1.30. The van der Waals surface area contributed by atoms with Crippen molar-refractivity contribution < 1.29 is 23.7 Å². The maximum atomic E-state index is 13.2. The number of hydrogen-bond acceptors (Lipinski definition) is 12. The molecule has 1 aromatic carbocycles. The first-order valence-corrected chi connectivity index (χ1v) is 14.5. The number of morpholine rings is 1. The topological polar surface area (TPSA) is 179 Å². The van der Waals surface area contributed by atoms with Crippen LogP contribution in [0.1, 0.15) is 47.9 Å². The van der Waals surface area contributed by atoms with Gasteiger partial charge in [0.25, 0.3) is 5.91 Å². The summed E-state index contributed by atoms with van der Waals surface area (Å²) in [7, 11) is 0. The number of benzene rings is 1. The number of anilines is 1. The molecule has 5 rings (SSSR count). The number of carbonyl (C=O) groups is 2. The number of amides is 2. The standard InChI is InChI=1S/C24H28Br2N10O5/c1-14-4-2-3-5-35(14)13-18-19(29-33-36(18)22-21(27)31-41-32-22)23(37)30-28-12-15-10-16(25)20(17(26)11-15)40-24(38)34-6-8-39-9-7-34/h10-12,14H,2-9,13H2,1H3,(H2,27,31)(H,30,37)/b28-12+/t14-/m1/s1. The molecular weight excluding hydrogens is 668 g/mol. The molecular formula is C24H28Br2N10O5. The summed E-state index contributed by atoms with van der Waals surface area (Å²) in [4.78, 5) is 29.5. The number of piperidine rings is 1. The number of aromatic nitrogens is 5. The van der Waals surface area contributed by atoms with Crippen LogP contribution in [-0.2, 0) is 11.3 Å². The lowest BCUT2D eigenvalue weighted by atomic mass is 10.0. The predicted molar refractivity (Wildman–Crippen MR) is 153 cm³/mol. The number of nitrogen functional groups attached to an aromatic ring is 1. The quantitative estimate of drug-likeness (QED) is 0.274. The molecule has 15 nitrogen and oxygen atoms in total. The second-order valence-corrected chi connectivity index (χ2v) is 11.3. The Bertz CT molecular complexity index is 1410. The van der Waals surface area contributed by atoms with Gasteiger partial charge in [0.1, 0.15) is 0 Å². The highest BCUT2D eigenvalue weighted by molar-refractivity contribution is 9.11. The van der Waals surface area contributed by atoms with Crippen LogP contribution in [0.15, 0.2) is 30.8 Å². The number of likely N-dealkylation sites (tertiary alicyclic amines) is 1. The van der Waals surface area contributed by atoms with Crippen LogP contribution in [0.5, 0.6) is 5.75 Å². The van der Waals surface area contributed by atoms with E-state index in [1.165, 1.54) is 10.9 Å². The highest BCUT2D eigenvalue weighted by Crippen LogP contribution is 2.35. The van der Waals surface area contributed by atoms with Crippen molar-refractivity contribution >= 4 is 55.9 Å². The van der Waals surface area contributed by atoms with Crippen LogP contribution < -0.4 is 15.9 Å². The number of rotatable bonds is 7. The molecule has 4 heterocycles. The van der Waals surface area contributed by atoms with E-state index in [4.69, 9.17) is 19.8 Å². The van der Waals surface area contributed by atoms with Crippen molar-refractivity contribution in [3.05, 3.63) is 38.0 Å². The van der Waals surface area contributed by atoms with Crippen LogP contribution in [0, 0.1) is 0 Å². The summed E-state index contributed by atoms with van der Waals surface area (Å²) in [5, 5.41) is 19.7. The molecule has 2 aliphatic rings.